The van der Waals surface area contributed by atoms with Crippen molar-refractivity contribution < 1.29 is 10.2 Å². The Morgan fingerprint density at radius 3 is 1.67 bits per heavy atom. The summed E-state index contributed by atoms with van der Waals surface area (Å²) in [6, 6.07) is 17.4. The molecule has 3 aromatic heterocycles. The van der Waals surface area contributed by atoms with E-state index in [1.165, 1.54) is 11.3 Å². The normalized spacial score (nSPS) is 11.5. The number of aromatic hydroxyl groups is 2. The summed E-state index contributed by atoms with van der Waals surface area (Å²) in [7, 11) is 0. The van der Waals surface area contributed by atoms with E-state index in [9.17, 15) is 19.8 Å². The molecule has 0 aliphatic rings. The number of hydrogen-bond acceptors (Lipinski definition) is 5. The van der Waals surface area contributed by atoms with Crippen LogP contribution in [0.25, 0.3) is 21.8 Å². The molecular formula is C23H16N2O4S. The molecule has 30 heavy (non-hydrogen) atoms. The summed E-state index contributed by atoms with van der Waals surface area (Å²) in [4.78, 5) is 32.3. The van der Waals surface area contributed by atoms with Crippen LogP contribution in [0.2, 0.25) is 0 Å². The highest BCUT2D eigenvalue weighted by atomic mass is 32.1. The molecule has 6 nitrogen and oxygen atoms in total. The summed E-state index contributed by atoms with van der Waals surface area (Å²) >= 11 is 1.34. The molecule has 4 N–H and O–H groups in total. The summed E-state index contributed by atoms with van der Waals surface area (Å²) in [5.74, 6) is -1.36. The maximum atomic E-state index is 13.0. The molecule has 3 heterocycles. The standard InChI is InChI=1S/C23H16N2O4S/c26-20-12-6-1-3-8-14(12)24-22(28)18(20)17(16-10-5-11-30-16)19-21(27)13-7-2-4-9-15(13)25-23(19)29/h1-11,17H,(H2,24,26,28)(H2,25,27,29). The molecule has 0 saturated heterocycles. The summed E-state index contributed by atoms with van der Waals surface area (Å²) in [6.07, 6.45) is 0. The van der Waals surface area contributed by atoms with E-state index in [1.807, 2.05) is 5.38 Å². The maximum Gasteiger partial charge on any atom is 0.256 e. The summed E-state index contributed by atoms with van der Waals surface area (Å²) < 4.78 is 0. The van der Waals surface area contributed by atoms with E-state index < -0.39 is 17.0 Å². The molecule has 0 amide bonds. The summed E-state index contributed by atoms with van der Waals surface area (Å²) in [6.45, 7) is 0. The molecule has 0 aliphatic heterocycles. The molecular weight excluding hydrogens is 400 g/mol. The molecule has 148 valence electrons. The Balaban J connectivity index is 1.90. The van der Waals surface area contributed by atoms with Gasteiger partial charge in [-0.05, 0) is 35.7 Å². The Morgan fingerprint density at radius 2 is 1.20 bits per heavy atom. The van der Waals surface area contributed by atoms with Gasteiger partial charge in [0.15, 0.2) is 0 Å². The van der Waals surface area contributed by atoms with Gasteiger partial charge in [-0.15, -0.1) is 11.3 Å². The van der Waals surface area contributed by atoms with Crippen LogP contribution in [0.5, 0.6) is 11.5 Å². The Labute approximate surface area is 173 Å². The minimum Gasteiger partial charge on any atom is -0.507 e. The monoisotopic (exact) mass is 416 g/mol. The van der Waals surface area contributed by atoms with Crippen molar-refractivity contribution in [2.45, 2.75) is 5.92 Å². The van der Waals surface area contributed by atoms with E-state index in [-0.39, 0.29) is 22.6 Å². The van der Waals surface area contributed by atoms with Crippen LogP contribution in [0.4, 0.5) is 0 Å². The molecule has 2 aromatic carbocycles. The van der Waals surface area contributed by atoms with Crippen molar-refractivity contribution in [3.63, 3.8) is 0 Å². The molecule has 0 bridgehead atoms. The number of fused-ring (bicyclic) bond motifs is 2. The number of pyridine rings is 2. The van der Waals surface area contributed by atoms with Crippen LogP contribution in [0.15, 0.2) is 75.6 Å². The smallest absolute Gasteiger partial charge is 0.256 e. The zero-order chi connectivity index (χ0) is 20.8. The van der Waals surface area contributed by atoms with Crippen molar-refractivity contribution in [1.29, 1.82) is 0 Å². The molecule has 0 radical (unpaired) electrons. The third kappa shape index (κ3) is 2.71. The maximum absolute atomic E-state index is 13.0. The van der Waals surface area contributed by atoms with Crippen molar-refractivity contribution in [3.8, 4) is 11.5 Å². The van der Waals surface area contributed by atoms with Crippen LogP contribution in [0.1, 0.15) is 21.9 Å². The number of aromatic amines is 2. The van der Waals surface area contributed by atoms with E-state index in [2.05, 4.69) is 9.97 Å². The van der Waals surface area contributed by atoms with Gasteiger partial charge in [-0.2, -0.15) is 0 Å². The second-order valence-corrected chi connectivity index (χ2v) is 7.95. The first kappa shape index (κ1) is 18.2. The number of benzene rings is 2. The van der Waals surface area contributed by atoms with Gasteiger partial charge < -0.3 is 20.2 Å². The number of nitrogens with one attached hydrogen (secondary N) is 2. The number of para-hydroxylation sites is 2. The zero-order valence-corrected chi connectivity index (χ0v) is 16.4. The fourth-order valence-corrected chi connectivity index (χ4v) is 4.74. The third-order valence-corrected chi connectivity index (χ3v) is 6.20. The van der Waals surface area contributed by atoms with Crippen LogP contribution in [0.3, 0.4) is 0 Å². The number of hydrogen-bond donors (Lipinski definition) is 4. The average Bonchev–Trinajstić information content (AvgIpc) is 3.27. The van der Waals surface area contributed by atoms with Crippen molar-refractivity contribution in [2.24, 2.45) is 0 Å². The Bertz CT molecular complexity index is 1420. The lowest BCUT2D eigenvalue weighted by Crippen LogP contribution is -2.24. The highest BCUT2D eigenvalue weighted by molar-refractivity contribution is 7.10. The van der Waals surface area contributed by atoms with Crippen LogP contribution in [0, 0.1) is 0 Å². The SMILES string of the molecule is O=c1[nH]c2ccccc2c(O)c1C(c1cccs1)c1c(O)c2ccccc2[nH]c1=O. The van der Waals surface area contributed by atoms with Crippen LogP contribution >= 0.6 is 11.3 Å². The van der Waals surface area contributed by atoms with E-state index in [4.69, 9.17) is 0 Å². The first-order valence-electron chi connectivity index (χ1n) is 9.27. The van der Waals surface area contributed by atoms with Gasteiger partial charge in [-0.1, -0.05) is 30.3 Å². The molecule has 0 spiro atoms. The first-order valence-corrected chi connectivity index (χ1v) is 10.2. The highest BCUT2D eigenvalue weighted by Gasteiger charge is 2.31. The number of rotatable bonds is 3. The third-order valence-electron chi connectivity index (χ3n) is 5.27. The zero-order valence-electron chi connectivity index (χ0n) is 15.5. The molecule has 0 atom stereocenters. The second-order valence-electron chi connectivity index (χ2n) is 6.97. The number of thiophene rings is 1. The van der Waals surface area contributed by atoms with Gasteiger partial charge in [0, 0.05) is 15.6 Å². The summed E-state index contributed by atoms with van der Waals surface area (Å²) in [5, 5.41) is 24.8. The molecule has 0 saturated carbocycles. The predicted molar refractivity (Wildman–Crippen MR) is 118 cm³/mol. The predicted octanol–water partition coefficient (Wildman–Crippen LogP) is 4.02. The first-order chi connectivity index (χ1) is 14.6. The van der Waals surface area contributed by atoms with E-state index >= 15 is 0 Å². The lowest BCUT2D eigenvalue weighted by atomic mass is 9.88. The van der Waals surface area contributed by atoms with Crippen LogP contribution in [-0.4, -0.2) is 20.2 Å². The number of aromatic nitrogens is 2. The highest BCUT2D eigenvalue weighted by Crippen LogP contribution is 2.42. The van der Waals surface area contributed by atoms with Crippen molar-refractivity contribution in [3.05, 3.63) is 103 Å². The van der Waals surface area contributed by atoms with Crippen LogP contribution < -0.4 is 11.1 Å². The van der Waals surface area contributed by atoms with Crippen LogP contribution in [-0.2, 0) is 0 Å². The Hall–Kier alpha value is -3.84. The van der Waals surface area contributed by atoms with Gasteiger partial charge in [-0.3, -0.25) is 9.59 Å². The summed E-state index contributed by atoms with van der Waals surface area (Å²) in [5.41, 5.74) is -0.0109. The quantitative estimate of drug-likeness (QED) is 0.356. The van der Waals surface area contributed by atoms with E-state index in [0.29, 0.717) is 26.7 Å². The number of H-pyrrole nitrogens is 2. The van der Waals surface area contributed by atoms with E-state index in [1.54, 1.807) is 60.7 Å². The molecule has 5 aromatic rings. The Morgan fingerprint density at radius 1 is 0.700 bits per heavy atom. The molecule has 0 unspecified atom stereocenters. The largest absolute Gasteiger partial charge is 0.507 e. The van der Waals surface area contributed by atoms with Gasteiger partial charge >= 0.3 is 0 Å². The minimum atomic E-state index is -0.938. The van der Waals surface area contributed by atoms with Gasteiger partial charge in [0.1, 0.15) is 11.5 Å². The Kier molecular flexibility index (Phi) is 4.18. The average molecular weight is 416 g/mol. The van der Waals surface area contributed by atoms with E-state index in [0.717, 1.165) is 0 Å². The van der Waals surface area contributed by atoms with Gasteiger partial charge in [0.2, 0.25) is 0 Å². The van der Waals surface area contributed by atoms with Gasteiger partial charge in [0.25, 0.3) is 11.1 Å². The lowest BCUT2D eigenvalue weighted by molar-refractivity contribution is 0.463. The fraction of sp³-hybridized carbons (Fsp3) is 0.0435. The van der Waals surface area contributed by atoms with Gasteiger partial charge in [-0.25, -0.2) is 0 Å². The lowest BCUT2D eigenvalue weighted by Gasteiger charge is -2.19. The van der Waals surface area contributed by atoms with Gasteiger partial charge in [0.05, 0.1) is 28.1 Å². The minimum absolute atomic E-state index is 0.0206. The fourth-order valence-electron chi connectivity index (χ4n) is 3.90. The van der Waals surface area contributed by atoms with Crippen molar-refractivity contribution in [2.75, 3.05) is 0 Å². The molecule has 7 heteroatoms. The van der Waals surface area contributed by atoms with Crippen molar-refractivity contribution >= 4 is 33.1 Å². The molecule has 0 aliphatic carbocycles. The second kappa shape index (κ2) is 6.89. The molecule has 0 fully saturated rings. The molecule has 5 rings (SSSR count). The van der Waals surface area contributed by atoms with Crippen molar-refractivity contribution in [1.82, 2.24) is 9.97 Å². The topological polar surface area (TPSA) is 106 Å².